The average Bonchev–Trinajstić information content (AvgIpc) is 3.30. The van der Waals surface area contributed by atoms with Gasteiger partial charge in [0.15, 0.2) is 5.78 Å². The monoisotopic (exact) mass is 379 g/mol. The highest BCUT2D eigenvalue weighted by Gasteiger charge is 2.29. The van der Waals surface area contributed by atoms with Gasteiger partial charge in [-0.05, 0) is 57.4 Å². The molecule has 1 aliphatic heterocycles. The summed E-state index contributed by atoms with van der Waals surface area (Å²) in [4.78, 5) is 34.5. The molecule has 3 heterocycles. The molecular formula is C21H21N3O2S. The molecule has 1 N–H and O–H groups in total. The van der Waals surface area contributed by atoms with Crippen molar-refractivity contribution in [3.05, 3.63) is 56.7 Å². The number of benzene rings is 1. The van der Waals surface area contributed by atoms with Crippen molar-refractivity contribution in [1.29, 1.82) is 0 Å². The summed E-state index contributed by atoms with van der Waals surface area (Å²) in [5, 5.41) is 3.10. The molecule has 0 saturated heterocycles. The minimum Gasteiger partial charge on any atom is -0.354 e. The Morgan fingerprint density at radius 1 is 1.22 bits per heavy atom. The van der Waals surface area contributed by atoms with E-state index >= 15 is 0 Å². The molecule has 138 valence electrons. The largest absolute Gasteiger partial charge is 0.354 e. The number of carbonyl (C=O) groups excluding carboxylic acids is 2. The summed E-state index contributed by atoms with van der Waals surface area (Å²) < 4.78 is 0. The van der Waals surface area contributed by atoms with Crippen molar-refractivity contribution < 1.29 is 9.59 Å². The highest BCUT2D eigenvalue weighted by Crippen LogP contribution is 2.34. The van der Waals surface area contributed by atoms with Crippen molar-refractivity contribution in [3.8, 4) is 11.3 Å². The van der Waals surface area contributed by atoms with Crippen molar-refractivity contribution in [1.82, 2.24) is 9.97 Å². The molecule has 0 unspecified atom stereocenters. The molecule has 0 aliphatic carbocycles. The zero-order valence-electron chi connectivity index (χ0n) is 15.8. The predicted octanol–water partition coefficient (Wildman–Crippen LogP) is 4.47. The number of nitrogens with one attached hydrogen (secondary N) is 1. The summed E-state index contributed by atoms with van der Waals surface area (Å²) in [6.45, 7) is 7.83. The second-order valence-electron chi connectivity index (χ2n) is 6.98. The Morgan fingerprint density at radius 3 is 2.63 bits per heavy atom. The van der Waals surface area contributed by atoms with Crippen LogP contribution in [0.4, 0.5) is 5.69 Å². The lowest BCUT2D eigenvalue weighted by Crippen LogP contribution is -2.29. The number of hydrogen-bond donors (Lipinski definition) is 1. The minimum atomic E-state index is -0.0842. The number of Topliss-reactive ketones (excluding diaryl/α,β-unsaturated/α-hetero) is 1. The summed E-state index contributed by atoms with van der Waals surface area (Å²) in [5.41, 5.74) is 6.75. The van der Waals surface area contributed by atoms with Crippen LogP contribution in [0.1, 0.15) is 49.6 Å². The first-order chi connectivity index (χ1) is 12.9. The van der Waals surface area contributed by atoms with Crippen LogP contribution in [-0.4, -0.2) is 28.2 Å². The first-order valence-electron chi connectivity index (χ1n) is 8.94. The maximum atomic E-state index is 13.1. The maximum absolute atomic E-state index is 13.1. The van der Waals surface area contributed by atoms with Crippen molar-refractivity contribution in [2.24, 2.45) is 0 Å². The Balaban J connectivity index is 1.68. The zero-order valence-corrected chi connectivity index (χ0v) is 16.7. The molecule has 0 spiro atoms. The average molecular weight is 379 g/mol. The van der Waals surface area contributed by atoms with E-state index in [4.69, 9.17) is 0 Å². The summed E-state index contributed by atoms with van der Waals surface area (Å²) in [5.74, 6) is -0.107. The molecular weight excluding hydrogens is 358 g/mol. The fourth-order valence-electron chi connectivity index (χ4n) is 3.89. The van der Waals surface area contributed by atoms with E-state index < -0.39 is 0 Å². The van der Waals surface area contributed by atoms with E-state index in [1.807, 2.05) is 32.9 Å². The molecule has 0 atom stereocenters. The number of amides is 1. The molecule has 1 amide bonds. The van der Waals surface area contributed by atoms with Gasteiger partial charge in [-0.1, -0.05) is 6.07 Å². The van der Waals surface area contributed by atoms with E-state index in [2.05, 4.69) is 21.4 Å². The fourth-order valence-corrected chi connectivity index (χ4v) is 4.52. The van der Waals surface area contributed by atoms with E-state index in [-0.39, 0.29) is 11.7 Å². The SMILES string of the molecule is CC(=O)c1c(C)[nH]c(C(=O)N2CCc3cc(-c4csc(C)n4)ccc32)c1C. The van der Waals surface area contributed by atoms with Crippen molar-refractivity contribution >= 4 is 28.7 Å². The van der Waals surface area contributed by atoms with Gasteiger partial charge in [-0.3, -0.25) is 9.59 Å². The number of aromatic amines is 1. The van der Waals surface area contributed by atoms with Crippen molar-refractivity contribution in [2.45, 2.75) is 34.1 Å². The lowest BCUT2D eigenvalue weighted by atomic mass is 10.1. The molecule has 0 radical (unpaired) electrons. The number of nitrogens with zero attached hydrogens (tertiary/aromatic N) is 2. The Kier molecular flexibility index (Phi) is 4.23. The number of aryl methyl sites for hydroxylation is 2. The molecule has 1 aromatic carbocycles. The Labute approximate surface area is 162 Å². The number of H-pyrrole nitrogens is 1. The molecule has 6 heteroatoms. The van der Waals surface area contributed by atoms with Crippen LogP contribution < -0.4 is 4.90 Å². The number of rotatable bonds is 3. The van der Waals surface area contributed by atoms with Crippen LogP contribution in [0.2, 0.25) is 0 Å². The molecule has 3 aromatic rings. The van der Waals surface area contributed by atoms with Crippen LogP contribution in [0.25, 0.3) is 11.3 Å². The first-order valence-corrected chi connectivity index (χ1v) is 9.82. The minimum absolute atomic E-state index is 0.0229. The molecule has 5 nitrogen and oxygen atoms in total. The maximum Gasteiger partial charge on any atom is 0.275 e. The smallest absolute Gasteiger partial charge is 0.275 e. The van der Waals surface area contributed by atoms with Crippen molar-refractivity contribution in [2.75, 3.05) is 11.4 Å². The number of hydrogen-bond acceptors (Lipinski definition) is 4. The van der Waals surface area contributed by atoms with Gasteiger partial charge in [0.2, 0.25) is 0 Å². The van der Waals surface area contributed by atoms with Gasteiger partial charge in [0.1, 0.15) is 5.69 Å². The van der Waals surface area contributed by atoms with Crippen LogP contribution in [0, 0.1) is 20.8 Å². The zero-order chi connectivity index (χ0) is 19.3. The van der Waals surface area contributed by atoms with Gasteiger partial charge in [-0.15, -0.1) is 11.3 Å². The van der Waals surface area contributed by atoms with E-state index in [9.17, 15) is 9.59 Å². The summed E-state index contributed by atoms with van der Waals surface area (Å²) in [6.07, 6.45) is 0.816. The topological polar surface area (TPSA) is 66.1 Å². The lowest BCUT2D eigenvalue weighted by molar-refractivity contribution is 0.0984. The third-order valence-corrected chi connectivity index (χ3v) is 5.91. The van der Waals surface area contributed by atoms with Crippen molar-refractivity contribution in [3.63, 3.8) is 0 Å². The number of thiazole rings is 1. The highest BCUT2D eigenvalue weighted by molar-refractivity contribution is 7.09. The quantitative estimate of drug-likeness (QED) is 0.683. The van der Waals surface area contributed by atoms with Crippen LogP contribution in [0.15, 0.2) is 23.6 Å². The van der Waals surface area contributed by atoms with E-state index in [1.165, 1.54) is 6.92 Å². The van der Waals surface area contributed by atoms with E-state index in [0.717, 1.165) is 45.2 Å². The molecule has 27 heavy (non-hydrogen) atoms. The molecule has 0 bridgehead atoms. The van der Waals surface area contributed by atoms with Crippen LogP contribution >= 0.6 is 11.3 Å². The van der Waals surface area contributed by atoms with Gasteiger partial charge in [-0.2, -0.15) is 0 Å². The van der Waals surface area contributed by atoms with Gasteiger partial charge in [0.25, 0.3) is 5.91 Å². The summed E-state index contributed by atoms with van der Waals surface area (Å²) in [6, 6.07) is 6.15. The van der Waals surface area contributed by atoms with Gasteiger partial charge < -0.3 is 9.88 Å². The van der Waals surface area contributed by atoms with E-state index in [1.54, 1.807) is 16.2 Å². The van der Waals surface area contributed by atoms with Gasteiger partial charge >= 0.3 is 0 Å². The second kappa shape index (κ2) is 6.46. The Bertz CT molecular complexity index is 1080. The third-order valence-electron chi connectivity index (χ3n) is 5.14. The number of carbonyl (C=O) groups is 2. The standard InChI is InChI=1S/C21H21N3O2S/c1-11-19(13(3)25)12(2)22-20(11)21(26)24-8-7-16-9-15(5-6-18(16)24)17-10-27-14(4)23-17/h5-6,9-10,22H,7-8H2,1-4H3. The normalized spacial score (nSPS) is 13.1. The van der Waals surface area contributed by atoms with Crippen LogP contribution in [-0.2, 0) is 6.42 Å². The van der Waals surface area contributed by atoms with Gasteiger partial charge in [-0.25, -0.2) is 4.98 Å². The number of aromatic nitrogens is 2. The Morgan fingerprint density at radius 2 is 2.00 bits per heavy atom. The second-order valence-corrected chi connectivity index (χ2v) is 8.05. The highest BCUT2D eigenvalue weighted by atomic mass is 32.1. The fraction of sp³-hybridized carbons (Fsp3) is 0.286. The first kappa shape index (κ1) is 17.7. The van der Waals surface area contributed by atoms with Crippen LogP contribution in [0.5, 0.6) is 0 Å². The molecule has 4 rings (SSSR count). The molecule has 1 aliphatic rings. The summed E-state index contributed by atoms with van der Waals surface area (Å²) >= 11 is 1.64. The molecule has 0 fully saturated rings. The number of anilines is 1. The number of ketones is 1. The lowest BCUT2D eigenvalue weighted by Gasteiger charge is -2.17. The van der Waals surface area contributed by atoms with Gasteiger partial charge in [0.05, 0.1) is 10.7 Å². The molecule has 2 aromatic heterocycles. The molecule has 0 saturated carbocycles. The third kappa shape index (κ3) is 2.90. The van der Waals surface area contributed by atoms with Gasteiger partial charge in [0, 0.05) is 34.4 Å². The summed E-state index contributed by atoms with van der Waals surface area (Å²) in [7, 11) is 0. The Hall–Kier alpha value is -2.73. The van der Waals surface area contributed by atoms with E-state index in [0.29, 0.717) is 17.8 Å². The predicted molar refractivity (Wildman–Crippen MR) is 108 cm³/mol. The number of fused-ring (bicyclic) bond motifs is 1. The van der Waals surface area contributed by atoms with Crippen LogP contribution in [0.3, 0.4) is 0 Å².